The van der Waals surface area contributed by atoms with Crippen molar-refractivity contribution in [2.45, 2.75) is 31.7 Å². The number of anilines is 1. The minimum Gasteiger partial charge on any atom is -0.469 e. The van der Waals surface area contributed by atoms with Crippen LogP contribution >= 0.6 is 0 Å². The predicted octanol–water partition coefficient (Wildman–Crippen LogP) is 2.70. The Bertz CT molecular complexity index is 485. The van der Waals surface area contributed by atoms with E-state index in [1.165, 1.54) is 7.11 Å². The van der Waals surface area contributed by atoms with Gasteiger partial charge in [0, 0.05) is 6.04 Å². The number of carbonyl (C=O) groups excluding carboxylic acids is 1. The number of carbonyl (C=O) groups is 1. The molecule has 0 heterocycles. The maximum absolute atomic E-state index is 11.4. The minimum absolute atomic E-state index is 0.0364. The summed E-state index contributed by atoms with van der Waals surface area (Å²) in [4.78, 5) is 11.4. The number of benzene rings is 1. The zero-order chi connectivity index (χ0) is 13.7. The lowest BCUT2D eigenvalue weighted by molar-refractivity contribution is -0.146. The summed E-state index contributed by atoms with van der Waals surface area (Å²) in [6.45, 7) is 0. The van der Waals surface area contributed by atoms with Crippen LogP contribution in [0.4, 0.5) is 5.69 Å². The van der Waals surface area contributed by atoms with Gasteiger partial charge in [-0.2, -0.15) is 5.26 Å². The number of hydrogen-bond acceptors (Lipinski definition) is 4. The van der Waals surface area contributed by atoms with Crippen molar-refractivity contribution in [3.8, 4) is 6.07 Å². The molecule has 1 N–H and O–H groups in total. The first-order chi connectivity index (χ1) is 9.24. The van der Waals surface area contributed by atoms with Crippen LogP contribution < -0.4 is 5.32 Å². The van der Waals surface area contributed by atoms with Gasteiger partial charge in [-0.25, -0.2) is 0 Å². The van der Waals surface area contributed by atoms with Crippen molar-refractivity contribution in [3.63, 3.8) is 0 Å². The van der Waals surface area contributed by atoms with Crippen molar-refractivity contribution in [2.75, 3.05) is 12.4 Å². The number of ether oxygens (including phenoxy) is 1. The van der Waals surface area contributed by atoms with Gasteiger partial charge in [0.1, 0.15) is 6.07 Å². The lowest BCUT2D eigenvalue weighted by Gasteiger charge is -2.28. The Hall–Kier alpha value is -2.02. The average molecular weight is 258 g/mol. The fraction of sp³-hybridized carbons (Fsp3) is 0.467. The van der Waals surface area contributed by atoms with Crippen molar-refractivity contribution in [1.29, 1.82) is 5.26 Å². The molecule has 19 heavy (non-hydrogen) atoms. The van der Waals surface area contributed by atoms with Crippen LogP contribution in [0.5, 0.6) is 0 Å². The SMILES string of the molecule is COC(=O)C1CCC(Nc2ccccc2C#N)CC1. The molecule has 0 spiro atoms. The normalized spacial score (nSPS) is 22.3. The number of rotatable bonds is 3. The Labute approximate surface area is 113 Å². The van der Waals surface area contributed by atoms with Crippen LogP contribution in [-0.2, 0) is 9.53 Å². The third kappa shape index (κ3) is 3.25. The highest BCUT2D eigenvalue weighted by Crippen LogP contribution is 2.28. The van der Waals surface area contributed by atoms with Crippen molar-refractivity contribution in [3.05, 3.63) is 29.8 Å². The summed E-state index contributed by atoms with van der Waals surface area (Å²) in [5.74, 6) is -0.0647. The third-order valence-corrected chi connectivity index (χ3v) is 3.67. The van der Waals surface area contributed by atoms with E-state index in [9.17, 15) is 4.79 Å². The second kappa shape index (κ2) is 6.24. The lowest BCUT2D eigenvalue weighted by atomic mass is 9.86. The number of hydrogen-bond donors (Lipinski definition) is 1. The Balaban J connectivity index is 1.93. The summed E-state index contributed by atoms with van der Waals surface area (Å²) in [5.41, 5.74) is 1.55. The van der Waals surface area contributed by atoms with E-state index < -0.39 is 0 Å². The summed E-state index contributed by atoms with van der Waals surface area (Å²) in [6.07, 6.45) is 3.55. The molecule has 1 aromatic carbocycles. The number of nitrogens with one attached hydrogen (secondary N) is 1. The third-order valence-electron chi connectivity index (χ3n) is 3.67. The van der Waals surface area contributed by atoms with Crippen LogP contribution in [0.3, 0.4) is 0 Å². The standard InChI is InChI=1S/C15H18N2O2/c1-19-15(18)11-6-8-13(9-7-11)17-14-5-3-2-4-12(14)10-16/h2-5,11,13,17H,6-9H2,1H3. The molecule has 1 saturated carbocycles. The lowest BCUT2D eigenvalue weighted by Crippen LogP contribution is -2.30. The van der Waals surface area contributed by atoms with E-state index in [2.05, 4.69) is 11.4 Å². The molecule has 0 amide bonds. The Morgan fingerprint density at radius 1 is 1.32 bits per heavy atom. The van der Waals surface area contributed by atoms with Gasteiger partial charge in [-0.15, -0.1) is 0 Å². The van der Waals surface area contributed by atoms with Crippen LogP contribution in [0.15, 0.2) is 24.3 Å². The molecule has 0 saturated heterocycles. The zero-order valence-electron chi connectivity index (χ0n) is 11.1. The molecule has 1 aromatic rings. The molecule has 0 radical (unpaired) electrons. The average Bonchev–Trinajstić information content (AvgIpc) is 2.48. The monoisotopic (exact) mass is 258 g/mol. The van der Waals surface area contributed by atoms with Crippen molar-refractivity contribution >= 4 is 11.7 Å². The molecule has 100 valence electrons. The van der Waals surface area contributed by atoms with E-state index in [4.69, 9.17) is 10.00 Å². The molecule has 1 fully saturated rings. The van der Waals surface area contributed by atoms with Gasteiger partial charge >= 0.3 is 5.97 Å². The number of methoxy groups -OCH3 is 1. The smallest absolute Gasteiger partial charge is 0.308 e. The van der Waals surface area contributed by atoms with Crippen molar-refractivity contribution in [2.24, 2.45) is 5.92 Å². The maximum Gasteiger partial charge on any atom is 0.308 e. The fourth-order valence-electron chi connectivity index (χ4n) is 2.57. The second-order valence-corrected chi connectivity index (χ2v) is 4.87. The molecule has 0 bridgehead atoms. The second-order valence-electron chi connectivity index (χ2n) is 4.87. The van der Waals surface area contributed by atoms with Crippen LogP contribution in [0.25, 0.3) is 0 Å². The highest BCUT2D eigenvalue weighted by atomic mass is 16.5. The summed E-state index contributed by atoms with van der Waals surface area (Å²) in [5, 5.41) is 12.4. The Morgan fingerprint density at radius 2 is 2.00 bits per heavy atom. The molecule has 1 aliphatic rings. The predicted molar refractivity (Wildman–Crippen MR) is 72.5 cm³/mol. The van der Waals surface area contributed by atoms with E-state index >= 15 is 0 Å². The van der Waals surface area contributed by atoms with Crippen molar-refractivity contribution < 1.29 is 9.53 Å². The quantitative estimate of drug-likeness (QED) is 0.847. The van der Waals surface area contributed by atoms with Crippen molar-refractivity contribution in [1.82, 2.24) is 0 Å². The first-order valence-electron chi connectivity index (χ1n) is 6.58. The molecule has 4 nitrogen and oxygen atoms in total. The van der Waals surface area contributed by atoms with E-state index in [0.29, 0.717) is 11.6 Å². The molecule has 1 aliphatic carbocycles. The fourth-order valence-corrected chi connectivity index (χ4v) is 2.57. The van der Waals surface area contributed by atoms with Gasteiger partial charge in [-0.1, -0.05) is 12.1 Å². The summed E-state index contributed by atoms with van der Waals surface area (Å²) in [7, 11) is 1.44. The highest BCUT2D eigenvalue weighted by molar-refractivity contribution is 5.72. The van der Waals surface area contributed by atoms with Crippen LogP contribution in [0.1, 0.15) is 31.2 Å². The topological polar surface area (TPSA) is 62.1 Å². The number of para-hydroxylation sites is 1. The van der Waals surface area contributed by atoms with E-state index in [0.717, 1.165) is 31.4 Å². The minimum atomic E-state index is -0.101. The summed E-state index contributed by atoms with van der Waals surface area (Å²) in [6, 6.07) is 10.0. The molecule has 0 atom stereocenters. The van der Waals surface area contributed by atoms with E-state index in [1.54, 1.807) is 0 Å². The maximum atomic E-state index is 11.4. The Morgan fingerprint density at radius 3 is 2.63 bits per heavy atom. The number of nitriles is 1. The van der Waals surface area contributed by atoms with Crippen LogP contribution in [0.2, 0.25) is 0 Å². The van der Waals surface area contributed by atoms with Gasteiger partial charge in [0.25, 0.3) is 0 Å². The molecule has 0 unspecified atom stereocenters. The molecular weight excluding hydrogens is 240 g/mol. The largest absolute Gasteiger partial charge is 0.469 e. The first kappa shape index (κ1) is 13.4. The molecule has 4 heteroatoms. The molecule has 0 aromatic heterocycles. The Kier molecular flexibility index (Phi) is 4.40. The first-order valence-corrected chi connectivity index (χ1v) is 6.58. The molecule has 2 rings (SSSR count). The van der Waals surface area contributed by atoms with Gasteiger partial charge in [0.15, 0.2) is 0 Å². The highest BCUT2D eigenvalue weighted by Gasteiger charge is 2.26. The van der Waals surface area contributed by atoms with Gasteiger partial charge in [-0.05, 0) is 37.8 Å². The van der Waals surface area contributed by atoms with Crippen LogP contribution in [-0.4, -0.2) is 19.1 Å². The number of nitrogens with zero attached hydrogens (tertiary/aromatic N) is 1. The van der Waals surface area contributed by atoms with E-state index in [1.807, 2.05) is 24.3 Å². The van der Waals surface area contributed by atoms with Gasteiger partial charge < -0.3 is 10.1 Å². The van der Waals surface area contributed by atoms with Crippen LogP contribution in [0, 0.1) is 17.2 Å². The molecule has 0 aliphatic heterocycles. The van der Waals surface area contributed by atoms with E-state index in [-0.39, 0.29) is 11.9 Å². The zero-order valence-corrected chi connectivity index (χ0v) is 11.1. The van der Waals surface area contributed by atoms with Gasteiger partial charge in [0.05, 0.1) is 24.3 Å². The van der Waals surface area contributed by atoms with Gasteiger partial charge in [0.2, 0.25) is 0 Å². The summed E-state index contributed by atoms with van der Waals surface area (Å²) < 4.78 is 4.78. The number of esters is 1. The summed E-state index contributed by atoms with van der Waals surface area (Å²) >= 11 is 0. The molecular formula is C15H18N2O2. The van der Waals surface area contributed by atoms with Gasteiger partial charge in [-0.3, -0.25) is 4.79 Å².